The quantitative estimate of drug-likeness (QED) is 0.534. The van der Waals surface area contributed by atoms with Crippen LogP contribution in [0.1, 0.15) is 0 Å². The van der Waals surface area contributed by atoms with E-state index in [0.717, 1.165) is 0 Å². The molecular weight excluding hydrogens is 296 g/mol. The van der Waals surface area contributed by atoms with Gasteiger partial charge in [-0.3, -0.25) is 0 Å². The SMILES string of the molecule is [Ba].[Fe].[Mn].[Ti]. The summed E-state index contributed by atoms with van der Waals surface area (Å²) in [7, 11) is 0. The van der Waals surface area contributed by atoms with Crippen LogP contribution in [-0.2, 0) is 55.9 Å². The summed E-state index contributed by atoms with van der Waals surface area (Å²) in [5.41, 5.74) is 0. The third kappa shape index (κ3) is 9.01. The molecule has 0 aliphatic carbocycles. The Labute approximate surface area is 102 Å². The van der Waals surface area contributed by atoms with Crippen molar-refractivity contribution in [1.29, 1.82) is 0 Å². The Balaban J connectivity index is 0. The Morgan fingerprint density at radius 1 is 1.00 bits per heavy atom. The second-order valence-electron chi connectivity index (χ2n) is 0. The summed E-state index contributed by atoms with van der Waals surface area (Å²) < 4.78 is 0. The molecule has 21 valence electrons. The van der Waals surface area contributed by atoms with E-state index in [9.17, 15) is 0 Å². The van der Waals surface area contributed by atoms with Crippen LogP contribution in [0, 0.1) is 0 Å². The van der Waals surface area contributed by atoms with Gasteiger partial charge in [-0.25, -0.2) is 0 Å². The van der Waals surface area contributed by atoms with Gasteiger partial charge in [0.05, 0.1) is 0 Å². The fourth-order valence-electron chi connectivity index (χ4n) is 0. The number of rotatable bonds is 0. The molecule has 0 aliphatic rings. The molecule has 0 nitrogen and oxygen atoms in total. The molecule has 4 heavy (non-hydrogen) atoms. The fourth-order valence-corrected chi connectivity index (χ4v) is 0. The van der Waals surface area contributed by atoms with E-state index in [4.69, 9.17) is 0 Å². The summed E-state index contributed by atoms with van der Waals surface area (Å²) >= 11 is 0. The minimum Gasteiger partial charge on any atom is 0 e. The molecule has 0 aromatic rings. The van der Waals surface area contributed by atoms with Gasteiger partial charge in [-0.2, -0.15) is 0 Å². The van der Waals surface area contributed by atoms with Crippen molar-refractivity contribution >= 4 is 48.9 Å². The normalized spacial score (nSPS) is 0. The van der Waals surface area contributed by atoms with E-state index >= 15 is 0 Å². The molecule has 0 aromatic carbocycles. The van der Waals surface area contributed by atoms with Crippen LogP contribution in [0.3, 0.4) is 0 Å². The van der Waals surface area contributed by atoms with Crippen LogP contribution >= 0.6 is 0 Å². The maximum atomic E-state index is 0. The van der Waals surface area contributed by atoms with Gasteiger partial charge in [-0.05, 0) is 0 Å². The number of hydrogen-bond donors (Lipinski definition) is 0. The Bertz CT molecular complexity index is 8.00. The van der Waals surface area contributed by atoms with Crippen LogP contribution in [0.15, 0.2) is 0 Å². The minimum absolute atomic E-state index is 0. The van der Waals surface area contributed by atoms with E-state index in [1.807, 2.05) is 0 Å². The van der Waals surface area contributed by atoms with Gasteiger partial charge >= 0.3 is 0 Å². The molecule has 0 unspecified atom stereocenters. The van der Waals surface area contributed by atoms with Gasteiger partial charge in [0.1, 0.15) is 0 Å². The first kappa shape index (κ1) is 26.5. The largest absolute Gasteiger partial charge is 0 e. The molecule has 0 rings (SSSR count). The molecule has 0 aromatic heterocycles. The van der Waals surface area contributed by atoms with E-state index in [1.165, 1.54) is 0 Å². The molecule has 0 bridgehead atoms. The Morgan fingerprint density at radius 2 is 1.00 bits per heavy atom. The molecule has 0 amide bonds. The predicted octanol–water partition coefficient (Wildman–Crippen LogP) is -0.388. The average Bonchev–Trinajstić information content (AvgIpc) is 0. The van der Waals surface area contributed by atoms with E-state index in [1.54, 1.807) is 0 Å². The average molecular weight is 296 g/mol. The monoisotopic (exact) mass is 297 g/mol. The van der Waals surface area contributed by atoms with Gasteiger partial charge in [0.15, 0.2) is 0 Å². The van der Waals surface area contributed by atoms with Crippen molar-refractivity contribution in [1.82, 2.24) is 0 Å². The molecule has 0 saturated carbocycles. The van der Waals surface area contributed by atoms with Crippen LogP contribution in [0.4, 0.5) is 0 Å². The standard InChI is InChI=1S/Ba.Fe.Mn.Ti. The van der Waals surface area contributed by atoms with Gasteiger partial charge in [-0.1, -0.05) is 0 Å². The van der Waals surface area contributed by atoms with E-state index in [-0.39, 0.29) is 105 Å². The molecule has 0 fully saturated rings. The second-order valence-corrected chi connectivity index (χ2v) is 0. The van der Waals surface area contributed by atoms with Gasteiger partial charge in [0, 0.05) is 105 Å². The van der Waals surface area contributed by atoms with Crippen LogP contribution in [0.25, 0.3) is 0 Å². The Morgan fingerprint density at radius 3 is 1.00 bits per heavy atom. The van der Waals surface area contributed by atoms with Gasteiger partial charge < -0.3 is 0 Å². The first-order valence-electron chi connectivity index (χ1n) is 0. The van der Waals surface area contributed by atoms with Crippen molar-refractivity contribution in [3.05, 3.63) is 0 Å². The van der Waals surface area contributed by atoms with E-state index in [0.29, 0.717) is 0 Å². The van der Waals surface area contributed by atoms with Crippen molar-refractivity contribution in [3.8, 4) is 0 Å². The fraction of sp³-hybridized carbons (Fsp3) is 0. The van der Waals surface area contributed by atoms with Gasteiger partial charge in [-0.15, -0.1) is 0 Å². The van der Waals surface area contributed by atoms with Crippen molar-refractivity contribution < 1.29 is 55.9 Å². The second kappa shape index (κ2) is 16.2. The van der Waals surface area contributed by atoms with Gasteiger partial charge in [0.2, 0.25) is 0 Å². The molecular formula is BaFeMnTi. The molecule has 0 aliphatic heterocycles. The molecule has 0 N–H and O–H groups in total. The smallest absolute Gasteiger partial charge is 0 e. The molecule has 4 heteroatoms. The third-order valence-electron chi connectivity index (χ3n) is 0. The van der Waals surface area contributed by atoms with Crippen LogP contribution in [-0.4, -0.2) is 48.9 Å². The van der Waals surface area contributed by atoms with Crippen molar-refractivity contribution in [2.75, 3.05) is 0 Å². The number of hydrogen-bond acceptors (Lipinski definition) is 0. The van der Waals surface area contributed by atoms with Crippen LogP contribution < -0.4 is 0 Å². The first-order chi connectivity index (χ1) is 0. The van der Waals surface area contributed by atoms with E-state index < -0.39 is 0 Å². The summed E-state index contributed by atoms with van der Waals surface area (Å²) in [4.78, 5) is 0. The summed E-state index contributed by atoms with van der Waals surface area (Å²) in [5, 5.41) is 0. The summed E-state index contributed by atoms with van der Waals surface area (Å²) in [6.07, 6.45) is 0. The van der Waals surface area contributed by atoms with Crippen molar-refractivity contribution in [3.63, 3.8) is 0 Å². The summed E-state index contributed by atoms with van der Waals surface area (Å²) in [6.45, 7) is 0. The molecule has 0 saturated heterocycles. The van der Waals surface area contributed by atoms with Crippen LogP contribution in [0.2, 0.25) is 0 Å². The molecule has 0 spiro atoms. The van der Waals surface area contributed by atoms with Crippen molar-refractivity contribution in [2.24, 2.45) is 0 Å². The maximum Gasteiger partial charge on any atom is 0 e. The Hall–Kier alpha value is 3.32. The van der Waals surface area contributed by atoms with Gasteiger partial charge in [0.25, 0.3) is 0 Å². The zero-order chi connectivity index (χ0) is 0. The zero-order valence-corrected chi connectivity index (χ0v) is 10.2. The minimum atomic E-state index is 0. The Kier molecular flexibility index (Phi) is 108. The maximum absolute atomic E-state index is 0. The summed E-state index contributed by atoms with van der Waals surface area (Å²) in [5.74, 6) is 0. The molecule has 3 radical (unpaired) electrons. The zero-order valence-electron chi connectivity index (χ0n) is 1.94. The van der Waals surface area contributed by atoms with Crippen molar-refractivity contribution in [2.45, 2.75) is 0 Å². The third-order valence-corrected chi connectivity index (χ3v) is 0. The first-order valence-corrected chi connectivity index (χ1v) is 0. The summed E-state index contributed by atoms with van der Waals surface area (Å²) in [6, 6.07) is 0. The predicted molar refractivity (Wildman–Crippen MR) is 5.75 cm³/mol. The topological polar surface area (TPSA) is 0 Å². The van der Waals surface area contributed by atoms with E-state index in [2.05, 4.69) is 0 Å². The van der Waals surface area contributed by atoms with Crippen LogP contribution in [0.5, 0.6) is 0 Å². The molecule has 0 heterocycles. The molecule has 0 atom stereocenters.